The number of hydrogen-bond acceptors (Lipinski definition) is 7. The molecule has 0 fully saturated rings. The van der Waals surface area contributed by atoms with Gasteiger partial charge in [0, 0.05) is 18.1 Å². The highest BCUT2D eigenvalue weighted by Crippen LogP contribution is 2.42. The van der Waals surface area contributed by atoms with Gasteiger partial charge in [0.1, 0.15) is 28.7 Å². The molecule has 0 saturated carbocycles. The number of methoxy groups -OCH3 is 2. The first kappa shape index (κ1) is 16.1. The van der Waals surface area contributed by atoms with Crippen molar-refractivity contribution >= 4 is 21.9 Å². The van der Waals surface area contributed by atoms with Crippen molar-refractivity contribution in [3.63, 3.8) is 0 Å². The summed E-state index contributed by atoms with van der Waals surface area (Å²) >= 11 is 0. The van der Waals surface area contributed by atoms with Gasteiger partial charge in [-0.05, 0) is 12.1 Å². The van der Waals surface area contributed by atoms with Gasteiger partial charge in [0.2, 0.25) is 5.43 Å². The predicted octanol–water partition coefficient (Wildman–Crippen LogP) is 3.22. The molecule has 1 atom stereocenters. The Labute approximate surface area is 147 Å². The van der Waals surface area contributed by atoms with Gasteiger partial charge in [-0.15, -0.1) is 0 Å². The molecule has 1 unspecified atom stereocenters. The molecule has 7 heteroatoms. The SMILES string of the molecule is COc1cccc2c(=O)c3c(OC)cc4c(c3oc12)CC(/C(O)=C/O)O4. The molecule has 0 saturated heterocycles. The van der Waals surface area contributed by atoms with Crippen LogP contribution in [0.2, 0.25) is 0 Å². The number of rotatable bonds is 3. The molecule has 2 N–H and O–H groups in total. The third-order valence-corrected chi connectivity index (χ3v) is 4.52. The zero-order valence-corrected chi connectivity index (χ0v) is 14.1. The predicted molar refractivity (Wildman–Crippen MR) is 94.6 cm³/mol. The smallest absolute Gasteiger partial charge is 0.204 e. The summed E-state index contributed by atoms with van der Waals surface area (Å²) in [7, 11) is 2.95. The second-order valence-corrected chi connectivity index (χ2v) is 5.89. The summed E-state index contributed by atoms with van der Waals surface area (Å²) in [4.78, 5) is 13.1. The fraction of sp³-hybridized carbons (Fsp3) is 0.211. The van der Waals surface area contributed by atoms with E-state index in [9.17, 15) is 9.90 Å². The van der Waals surface area contributed by atoms with Crippen LogP contribution >= 0.6 is 0 Å². The molecule has 1 aliphatic heterocycles. The maximum Gasteiger partial charge on any atom is 0.204 e. The van der Waals surface area contributed by atoms with E-state index >= 15 is 0 Å². The average Bonchev–Trinajstić information content (AvgIpc) is 3.10. The van der Waals surface area contributed by atoms with Gasteiger partial charge in [-0.1, -0.05) is 6.07 Å². The van der Waals surface area contributed by atoms with Crippen molar-refractivity contribution < 1.29 is 28.8 Å². The summed E-state index contributed by atoms with van der Waals surface area (Å²) < 4.78 is 22.4. The second kappa shape index (κ2) is 5.87. The number of aliphatic hydroxyl groups excluding tert-OH is 2. The molecule has 2 aromatic carbocycles. The lowest BCUT2D eigenvalue weighted by Crippen LogP contribution is -2.15. The van der Waals surface area contributed by atoms with Crippen LogP contribution in [0.4, 0.5) is 0 Å². The second-order valence-electron chi connectivity index (χ2n) is 5.89. The maximum absolute atomic E-state index is 13.1. The van der Waals surface area contributed by atoms with Crippen LogP contribution in [-0.4, -0.2) is 30.5 Å². The van der Waals surface area contributed by atoms with Crippen molar-refractivity contribution in [2.45, 2.75) is 12.5 Å². The molecule has 0 spiro atoms. The Bertz CT molecular complexity index is 1110. The number of hydrogen-bond donors (Lipinski definition) is 2. The Morgan fingerprint density at radius 1 is 1.23 bits per heavy atom. The molecule has 134 valence electrons. The molecule has 2 heterocycles. The molecule has 0 radical (unpaired) electrons. The minimum absolute atomic E-state index is 0.238. The van der Waals surface area contributed by atoms with Crippen molar-refractivity contribution in [2.75, 3.05) is 14.2 Å². The maximum atomic E-state index is 13.1. The minimum Gasteiger partial charge on any atom is -0.512 e. The van der Waals surface area contributed by atoms with Crippen LogP contribution in [0.3, 0.4) is 0 Å². The molecule has 7 nitrogen and oxygen atoms in total. The molecular formula is C19H16O7. The lowest BCUT2D eigenvalue weighted by molar-refractivity contribution is 0.188. The summed E-state index contributed by atoms with van der Waals surface area (Å²) in [6.07, 6.45) is 0.0661. The normalized spacial score (nSPS) is 16.5. The van der Waals surface area contributed by atoms with Gasteiger partial charge in [-0.2, -0.15) is 0 Å². The highest BCUT2D eigenvalue weighted by molar-refractivity contribution is 5.97. The van der Waals surface area contributed by atoms with E-state index in [-0.39, 0.29) is 17.6 Å². The lowest BCUT2D eigenvalue weighted by Gasteiger charge is -2.11. The summed E-state index contributed by atoms with van der Waals surface area (Å²) in [6, 6.07) is 6.67. The van der Waals surface area contributed by atoms with Crippen LogP contribution in [0.25, 0.3) is 21.9 Å². The van der Waals surface area contributed by atoms with Crippen molar-refractivity contribution in [2.24, 2.45) is 0 Å². The van der Waals surface area contributed by atoms with Crippen LogP contribution in [-0.2, 0) is 6.42 Å². The molecule has 0 bridgehead atoms. The lowest BCUT2D eigenvalue weighted by atomic mass is 10.0. The highest BCUT2D eigenvalue weighted by atomic mass is 16.5. The Balaban J connectivity index is 2.10. The minimum atomic E-state index is -0.760. The third-order valence-electron chi connectivity index (χ3n) is 4.52. The average molecular weight is 356 g/mol. The largest absolute Gasteiger partial charge is 0.512 e. The summed E-state index contributed by atoms with van der Waals surface area (Å²) in [5.74, 6) is 0.858. The molecule has 4 rings (SSSR count). The van der Waals surface area contributed by atoms with Crippen molar-refractivity contribution in [3.8, 4) is 17.2 Å². The van der Waals surface area contributed by atoms with Crippen molar-refractivity contribution in [1.29, 1.82) is 0 Å². The van der Waals surface area contributed by atoms with Crippen LogP contribution < -0.4 is 19.6 Å². The fourth-order valence-corrected chi connectivity index (χ4v) is 3.27. The number of ether oxygens (including phenoxy) is 3. The summed E-state index contributed by atoms with van der Waals surface area (Å²) in [5.41, 5.74) is 1.01. The molecule has 26 heavy (non-hydrogen) atoms. The van der Waals surface area contributed by atoms with Crippen LogP contribution in [0, 0.1) is 0 Å². The van der Waals surface area contributed by atoms with Crippen molar-refractivity contribution in [3.05, 3.63) is 52.1 Å². The molecule has 0 aliphatic carbocycles. The van der Waals surface area contributed by atoms with E-state index in [1.807, 2.05) is 0 Å². The Kier molecular flexibility index (Phi) is 3.64. The van der Waals surface area contributed by atoms with Crippen LogP contribution in [0.1, 0.15) is 5.56 Å². The van der Waals surface area contributed by atoms with E-state index in [1.54, 1.807) is 24.3 Å². The molecule has 0 amide bonds. The van der Waals surface area contributed by atoms with E-state index in [2.05, 4.69) is 0 Å². The van der Waals surface area contributed by atoms with E-state index in [0.29, 0.717) is 51.0 Å². The molecular weight excluding hydrogens is 340 g/mol. The Morgan fingerprint density at radius 2 is 2.00 bits per heavy atom. The van der Waals surface area contributed by atoms with Gasteiger partial charge in [0.25, 0.3) is 0 Å². The van der Waals surface area contributed by atoms with E-state index in [0.717, 1.165) is 0 Å². The highest BCUT2D eigenvalue weighted by Gasteiger charge is 2.32. The first-order chi connectivity index (χ1) is 12.6. The zero-order chi connectivity index (χ0) is 18.4. The standard InChI is InChI=1S/C19H16O7/c1-23-12-5-3-4-9-17(22)16-15(24-2)7-13-10(19(16)26-18(9)12)6-14(25-13)11(21)8-20/h3-5,7-8,14,20-21H,6H2,1-2H3/b11-8-. The number of fused-ring (bicyclic) bond motifs is 4. The summed E-state index contributed by atoms with van der Waals surface area (Å²) in [5, 5.41) is 19.5. The van der Waals surface area contributed by atoms with Gasteiger partial charge in [0.05, 0.1) is 19.6 Å². The number of para-hydroxylation sites is 1. The molecule has 3 aromatic rings. The van der Waals surface area contributed by atoms with Crippen LogP contribution in [0.5, 0.6) is 17.2 Å². The van der Waals surface area contributed by atoms with Gasteiger partial charge in [0.15, 0.2) is 23.2 Å². The fourth-order valence-electron chi connectivity index (χ4n) is 3.27. The first-order valence-electron chi connectivity index (χ1n) is 7.92. The van der Waals surface area contributed by atoms with Crippen molar-refractivity contribution in [1.82, 2.24) is 0 Å². The number of benzene rings is 2. The number of aliphatic hydroxyl groups is 2. The van der Waals surface area contributed by atoms with Gasteiger partial charge >= 0.3 is 0 Å². The molecule has 1 aliphatic rings. The van der Waals surface area contributed by atoms with Gasteiger partial charge in [-0.25, -0.2) is 0 Å². The summed E-state index contributed by atoms with van der Waals surface area (Å²) in [6.45, 7) is 0. The molecule has 1 aromatic heterocycles. The first-order valence-corrected chi connectivity index (χ1v) is 7.92. The van der Waals surface area contributed by atoms with E-state index < -0.39 is 6.10 Å². The van der Waals surface area contributed by atoms with E-state index in [4.69, 9.17) is 23.7 Å². The van der Waals surface area contributed by atoms with E-state index in [1.165, 1.54) is 14.2 Å². The topological polar surface area (TPSA) is 98.4 Å². The third kappa shape index (κ3) is 2.17. The van der Waals surface area contributed by atoms with Gasteiger partial charge < -0.3 is 28.8 Å². The Hall–Kier alpha value is -3.35. The zero-order valence-electron chi connectivity index (χ0n) is 14.1. The Morgan fingerprint density at radius 3 is 2.69 bits per heavy atom. The van der Waals surface area contributed by atoms with Gasteiger partial charge in [-0.3, -0.25) is 4.79 Å². The quantitative estimate of drug-likeness (QED) is 0.549. The monoisotopic (exact) mass is 356 g/mol. The van der Waals surface area contributed by atoms with Crippen LogP contribution in [0.15, 0.2) is 45.5 Å².